The van der Waals surface area contributed by atoms with Crippen molar-refractivity contribution in [3.63, 3.8) is 0 Å². The number of rotatable bonds is 2. The number of aromatic hydroxyl groups is 1. The maximum Gasteiger partial charge on any atom is 0.115 e. The summed E-state index contributed by atoms with van der Waals surface area (Å²) in [5.74, 6) is 0.217. The van der Waals surface area contributed by atoms with Crippen molar-refractivity contribution in [3.05, 3.63) is 48.3 Å². The van der Waals surface area contributed by atoms with Crippen molar-refractivity contribution in [2.24, 2.45) is 0 Å². The van der Waals surface area contributed by atoms with Crippen LogP contribution in [0.15, 0.2) is 42.7 Å². The molecule has 1 N–H and O–H groups in total. The van der Waals surface area contributed by atoms with Gasteiger partial charge in [0, 0.05) is 18.9 Å². The summed E-state index contributed by atoms with van der Waals surface area (Å²) in [6.07, 6.45) is 3.23. The first-order valence-corrected chi connectivity index (χ1v) is 5.09. The van der Waals surface area contributed by atoms with Crippen LogP contribution < -0.4 is 4.90 Å². The van der Waals surface area contributed by atoms with Gasteiger partial charge in [0.25, 0.3) is 0 Å². The number of pyridine rings is 1. The molecule has 0 aliphatic heterocycles. The van der Waals surface area contributed by atoms with Gasteiger partial charge in [-0.2, -0.15) is 5.26 Å². The van der Waals surface area contributed by atoms with Crippen molar-refractivity contribution in [2.45, 2.75) is 0 Å². The van der Waals surface area contributed by atoms with Crippen LogP contribution in [0.4, 0.5) is 11.4 Å². The molecule has 0 atom stereocenters. The molecule has 4 nitrogen and oxygen atoms in total. The van der Waals surface area contributed by atoms with Gasteiger partial charge >= 0.3 is 0 Å². The van der Waals surface area contributed by atoms with E-state index < -0.39 is 0 Å². The van der Waals surface area contributed by atoms with E-state index in [1.807, 2.05) is 11.9 Å². The van der Waals surface area contributed by atoms with Crippen LogP contribution in [0.5, 0.6) is 5.75 Å². The average molecular weight is 225 g/mol. The van der Waals surface area contributed by atoms with E-state index in [0.717, 1.165) is 11.4 Å². The fraction of sp³-hybridized carbons (Fsp3) is 0.0769. The van der Waals surface area contributed by atoms with Crippen molar-refractivity contribution in [1.29, 1.82) is 5.26 Å². The van der Waals surface area contributed by atoms with Crippen LogP contribution in [0.3, 0.4) is 0 Å². The minimum Gasteiger partial charge on any atom is -0.508 e. The molecule has 0 aliphatic rings. The van der Waals surface area contributed by atoms with E-state index in [1.165, 1.54) is 0 Å². The van der Waals surface area contributed by atoms with Crippen molar-refractivity contribution in [3.8, 4) is 11.8 Å². The van der Waals surface area contributed by atoms with E-state index in [1.54, 1.807) is 42.7 Å². The topological polar surface area (TPSA) is 60.1 Å². The molecule has 2 rings (SSSR count). The van der Waals surface area contributed by atoms with Gasteiger partial charge in [-0.25, -0.2) is 0 Å². The molecule has 0 bridgehead atoms. The summed E-state index contributed by atoms with van der Waals surface area (Å²) in [4.78, 5) is 5.87. The number of aromatic nitrogens is 1. The van der Waals surface area contributed by atoms with Gasteiger partial charge in [-0.05, 0) is 30.3 Å². The molecule has 0 saturated heterocycles. The monoisotopic (exact) mass is 225 g/mol. The lowest BCUT2D eigenvalue weighted by Crippen LogP contribution is -2.11. The summed E-state index contributed by atoms with van der Waals surface area (Å²) in [7, 11) is 1.85. The van der Waals surface area contributed by atoms with Crippen LogP contribution in [0.25, 0.3) is 0 Å². The lowest BCUT2D eigenvalue weighted by Gasteiger charge is -2.19. The number of hydrogen-bond acceptors (Lipinski definition) is 4. The molecule has 1 aromatic carbocycles. The summed E-state index contributed by atoms with van der Waals surface area (Å²) < 4.78 is 0. The second-order valence-corrected chi connectivity index (χ2v) is 3.58. The van der Waals surface area contributed by atoms with Crippen molar-refractivity contribution < 1.29 is 5.11 Å². The summed E-state index contributed by atoms with van der Waals surface area (Å²) in [6, 6.07) is 10.6. The highest BCUT2D eigenvalue weighted by Crippen LogP contribution is 2.26. The Kier molecular flexibility index (Phi) is 2.93. The minimum atomic E-state index is 0.217. The number of nitriles is 1. The molecule has 17 heavy (non-hydrogen) atoms. The third-order valence-corrected chi connectivity index (χ3v) is 2.52. The van der Waals surface area contributed by atoms with E-state index in [-0.39, 0.29) is 5.75 Å². The maximum atomic E-state index is 9.23. The van der Waals surface area contributed by atoms with Crippen LogP contribution in [0.2, 0.25) is 0 Å². The second kappa shape index (κ2) is 4.54. The number of nitrogens with zero attached hydrogens (tertiary/aromatic N) is 3. The number of benzene rings is 1. The molecule has 1 heterocycles. The van der Waals surface area contributed by atoms with Crippen LogP contribution in [-0.2, 0) is 0 Å². The van der Waals surface area contributed by atoms with Crippen molar-refractivity contribution in [2.75, 3.05) is 11.9 Å². The van der Waals surface area contributed by atoms with Crippen LogP contribution in [-0.4, -0.2) is 17.1 Å². The van der Waals surface area contributed by atoms with E-state index in [0.29, 0.717) is 5.56 Å². The lowest BCUT2D eigenvalue weighted by atomic mass is 10.2. The van der Waals surface area contributed by atoms with Gasteiger partial charge in [0.05, 0.1) is 17.4 Å². The molecule has 0 radical (unpaired) electrons. The zero-order valence-electron chi connectivity index (χ0n) is 9.33. The van der Waals surface area contributed by atoms with Gasteiger partial charge in [-0.3, -0.25) is 4.98 Å². The normalized spacial score (nSPS) is 9.65. The summed E-state index contributed by atoms with van der Waals surface area (Å²) >= 11 is 0. The Morgan fingerprint density at radius 1 is 1.24 bits per heavy atom. The maximum absolute atomic E-state index is 9.23. The summed E-state index contributed by atoms with van der Waals surface area (Å²) in [5, 5.41) is 18.2. The molecule has 2 aromatic rings. The molecular weight excluding hydrogens is 214 g/mol. The van der Waals surface area contributed by atoms with Crippen LogP contribution in [0, 0.1) is 11.3 Å². The predicted octanol–water partition coefficient (Wildman–Crippen LogP) is 2.43. The van der Waals surface area contributed by atoms with E-state index in [9.17, 15) is 5.11 Å². The Morgan fingerprint density at radius 3 is 2.59 bits per heavy atom. The highest BCUT2D eigenvalue weighted by Gasteiger charge is 2.08. The molecule has 84 valence electrons. The third kappa shape index (κ3) is 2.18. The average Bonchev–Trinajstić information content (AvgIpc) is 2.39. The molecule has 4 heteroatoms. The zero-order valence-corrected chi connectivity index (χ0v) is 9.33. The molecule has 1 aromatic heterocycles. The van der Waals surface area contributed by atoms with Gasteiger partial charge in [0.1, 0.15) is 11.8 Å². The number of phenolic OH excluding ortho intramolecular Hbond substituents is 1. The quantitative estimate of drug-likeness (QED) is 0.852. The molecule has 0 amide bonds. The number of hydrogen-bond donors (Lipinski definition) is 1. The smallest absolute Gasteiger partial charge is 0.115 e. The lowest BCUT2D eigenvalue weighted by molar-refractivity contribution is 0.475. The van der Waals surface area contributed by atoms with E-state index in [2.05, 4.69) is 11.1 Å². The molecule has 0 unspecified atom stereocenters. The summed E-state index contributed by atoms with van der Waals surface area (Å²) in [6.45, 7) is 0. The fourth-order valence-electron chi connectivity index (χ4n) is 1.56. The molecule has 0 saturated carbocycles. The van der Waals surface area contributed by atoms with Gasteiger partial charge in [0.2, 0.25) is 0 Å². The first-order valence-electron chi connectivity index (χ1n) is 5.09. The Hall–Kier alpha value is -2.54. The third-order valence-electron chi connectivity index (χ3n) is 2.52. The minimum absolute atomic E-state index is 0.217. The Balaban J connectivity index is 2.40. The van der Waals surface area contributed by atoms with Crippen molar-refractivity contribution >= 4 is 11.4 Å². The van der Waals surface area contributed by atoms with E-state index >= 15 is 0 Å². The Morgan fingerprint density at radius 2 is 1.94 bits per heavy atom. The zero-order chi connectivity index (χ0) is 12.3. The second-order valence-electron chi connectivity index (χ2n) is 3.58. The van der Waals surface area contributed by atoms with Gasteiger partial charge in [0.15, 0.2) is 0 Å². The molecular formula is C13H11N3O. The SMILES string of the molecule is CN(c1ccc(O)cc1)c1cnccc1C#N. The largest absolute Gasteiger partial charge is 0.508 e. The molecule has 0 fully saturated rings. The highest BCUT2D eigenvalue weighted by atomic mass is 16.3. The van der Waals surface area contributed by atoms with Gasteiger partial charge in [-0.1, -0.05) is 0 Å². The fourth-order valence-corrected chi connectivity index (χ4v) is 1.56. The van der Waals surface area contributed by atoms with Gasteiger partial charge < -0.3 is 10.0 Å². The Bertz CT molecular complexity index is 558. The number of phenols is 1. The Labute approximate surface area is 99.4 Å². The first kappa shape index (κ1) is 11.0. The van der Waals surface area contributed by atoms with Crippen molar-refractivity contribution in [1.82, 2.24) is 4.98 Å². The standard InChI is InChI=1S/C13H11N3O/c1-16(11-2-4-12(17)5-3-11)13-9-15-7-6-10(13)8-14/h2-7,9,17H,1H3. The number of anilines is 2. The van der Waals surface area contributed by atoms with E-state index in [4.69, 9.17) is 5.26 Å². The predicted molar refractivity (Wildman–Crippen MR) is 65.1 cm³/mol. The van der Waals surface area contributed by atoms with Crippen LogP contribution >= 0.6 is 0 Å². The van der Waals surface area contributed by atoms with Crippen LogP contribution in [0.1, 0.15) is 5.56 Å². The summed E-state index contributed by atoms with van der Waals surface area (Å²) in [5.41, 5.74) is 2.18. The molecule has 0 aliphatic carbocycles. The van der Waals surface area contributed by atoms with Gasteiger partial charge in [-0.15, -0.1) is 0 Å². The first-order chi connectivity index (χ1) is 8.22. The molecule has 0 spiro atoms. The highest BCUT2D eigenvalue weighted by molar-refractivity contribution is 5.67.